The molecule has 6 heteroatoms. The van der Waals surface area contributed by atoms with Gasteiger partial charge in [0.2, 0.25) is 0 Å². The van der Waals surface area contributed by atoms with Crippen LogP contribution >= 0.6 is 15.9 Å². The summed E-state index contributed by atoms with van der Waals surface area (Å²) < 4.78 is 28.9. The Morgan fingerprint density at radius 2 is 1.86 bits per heavy atom. The molecule has 2 N–H and O–H groups in total. The lowest BCUT2D eigenvalue weighted by Crippen LogP contribution is -2.45. The van der Waals surface area contributed by atoms with Gasteiger partial charge in [-0.2, -0.15) is 0 Å². The van der Waals surface area contributed by atoms with E-state index in [2.05, 4.69) is 15.9 Å². The molecular formula is C15H20BrNO3S. The second-order valence-corrected chi connectivity index (χ2v) is 9.19. The minimum Gasteiger partial charge on any atom is -0.487 e. The van der Waals surface area contributed by atoms with Crippen molar-refractivity contribution in [1.82, 2.24) is 0 Å². The van der Waals surface area contributed by atoms with Crippen molar-refractivity contribution in [2.24, 2.45) is 5.73 Å². The Morgan fingerprint density at radius 3 is 2.43 bits per heavy atom. The van der Waals surface area contributed by atoms with Gasteiger partial charge in [-0.3, -0.25) is 0 Å². The maximum absolute atomic E-state index is 11.2. The summed E-state index contributed by atoms with van der Waals surface area (Å²) in [5.41, 5.74) is 7.42. The summed E-state index contributed by atoms with van der Waals surface area (Å²) in [5.74, 6) is 0.919. The molecule has 3 rings (SSSR count). The van der Waals surface area contributed by atoms with Gasteiger partial charge in [0, 0.05) is 5.54 Å². The fourth-order valence-electron chi connectivity index (χ4n) is 3.14. The SMILES string of the molecule is NC1(c2ccc(OC3CS(=O)(=O)C3)c(Br)c2)CCCCC1. The zero-order valence-corrected chi connectivity index (χ0v) is 14.2. The normalized spacial score (nSPS) is 24.3. The first kappa shape index (κ1) is 15.3. The minimum atomic E-state index is -2.86. The van der Waals surface area contributed by atoms with E-state index >= 15 is 0 Å². The molecular weight excluding hydrogens is 354 g/mol. The molecule has 2 aliphatic rings. The number of nitrogens with two attached hydrogens (primary N) is 1. The van der Waals surface area contributed by atoms with Gasteiger partial charge in [0.15, 0.2) is 9.84 Å². The van der Waals surface area contributed by atoms with Crippen molar-refractivity contribution in [3.63, 3.8) is 0 Å². The van der Waals surface area contributed by atoms with Crippen LogP contribution in [0.25, 0.3) is 0 Å². The summed E-state index contributed by atoms with van der Waals surface area (Å²) in [4.78, 5) is 0. The van der Waals surface area contributed by atoms with Crippen molar-refractivity contribution >= 4 is 25.8 Å². The van der Waals surface area contributed by atoms with E-state index < -0.39 is 9.84 Å². The molecule has 1 heterocycles. The van der Waals surface area contributed by atoms with Crippen LogP contribution < -0.4 is 10.5 Å². The Morgan fingerprint density at radius 1 is 1.19 bits per heavy atom. The highest BCUT2D eigenvalue weighted by Gasteiger charge is 2.36. The van der Waals surface area contributed by atoms with Crippen LogP contribution in [-0.2, 0) is 15.4 Å². The van der Waals surface area contributed by atoms with Crippen molar-refractivity contribution in [2.45, 2.75) is 43.7 Å². The first-order valence-corrected chi connectivity index (χ1v) is 9.95. The average Bonchev–Trinajstić information content (AvgIpc) is 2.39. The average molecular weight is 374 g/mol. The number of sulfone groups is 1. The van der Waals surface area contributed by atoms with Crippen molar-refractivity contribution < 1.29 is 13.2 Å². The zero-order valence-electron chi connectivity index (χ0n) is 11.8. The third-order valence-corrected chi connectivity index (χ3v) is 6.80. The fraction of sp³-hybridized carbons (Fsp3) is 0.600. The number of rotatable bonds is 3. The van der Waals surface area contributed by atoms with E-state index in [1.54, 1.807) is 0 Å². The van der Waals surface area contributed by atoms with Gasteiger partial charge in [-0.05, 0) is 46.5 Å². The minimum absolute atomic E-state index is 0.113. The van der Waals surface area contributed by atoms with E-state index in [-0.39, 0.29) is 23.1 Å². The van der Waals surface area contributed by atoms with E-state index in [1.165, 1.54) is 19.3 Å². The molecule has 4 nitrogen and oxygen atoms in total. The van der Waals surface area contributed by atoms with Crippen LogP contribution in [0.5, 0.6) is 5.75 Å². The van der Waals surface area contributed by atoms with Gasteiger partial charge in [-0.25, -0.2) is 8.42 Å². The molecule has 0 radical (unpaired) electrons. The van der Waals surface area contributed by atoms with Gasteiger partial charge in [0.05, 0.1) is 16.0 Å². The molecule has 0 spiro atoms. The molecule has 0 atom stereocenters. The first-order chi connectivity index (χ1) is 9.88. The van der Waals surface area contributed by atoms with Crippen LogP contribution in [0.15, 0.2) is 22.7 Å². The monoisotopic (exact) mass is 373 g/mol. The smallest absolute Gasteiger partial charge is 0.157 e. The van der Waals surface area contributed by atoms with Crippen molar-refractivity contribution in [2.75, 3.05) is 11.5 Å². The summed E-state index contributed by atoms with van der Waals surface area (Å²) in [5, 5.41) is 0. The third kappa shape index (κ3) is 3.27. The summed E-state index contributed by atoms with van der Waals surface area (Å²) in [6.45, 7) is 0. The molecule has 1 aliphatic heterocycles. The van der Waals surface area contributed by atoms with Crippen molar-refractivity contribution in [3.8, 4) is 5.75 Å². The molecule has 1 aliphatic carbocycles. The Bertz CT molecular complexity index is 626. The predicted molar refractivity (Wildman–Crippen MR) is 86.2 cm³/mol. The Labute approximate surface area is 134 Å². The second kappa shape index (κ2) is 5.56. The number of hydrogen-bond acceptors (Lipinski definition) is 4. The Hall–Kier alpha value is -0.590. The number of benzene rings is 1. The summed E-state index contributed by atoms with van der Waals surface area (Å²) in [6, 6.07) is 5.93. The number of halogens is 1. The summed E-state index contributed by atoms with van der Waals surface area (Å²) >= 11 is 3.52. The predicted octanol–water partition coefficient (Wildman–Crippen LogP) is 2.74. The van der Waals surface area contributed by atoms with E-state index in [4.69, 9.17) is 10.5 Å². The van der Waals surface area contributed by atoms with Crippen LogP contribution in [0, 0.1) is 0 Å². The van der Waals surface area contributed by atoms with Gasteiger partial charge in [-0.15, -0.1) is 0 Å². The molecule has 0 bridgehead atoms. The molecule has 0 aromatic heterocycles. The van der Waals surface area contributed by atoms with E-state index in [9.17, 15) is 8.42 Å². The third-order valence-electron chi connectivity index (χ3n) is 4.43. The molecule has 0 amide bonds. The molecule has 1 saturated carbocycles. The van der Waals surface area contributed by atoms with Gasteiger partial charge >= 0.3 is 0 Å². The standard InChI is InChI=1S/C15H20BrNO3S/c16-13-8-11(15(17)6-2-1-3-7-15)4-5-14(13)20-12-9-21(18,19)10-12/h4-5,8,12H,1-3,6-7,9-10,17H2. The highest BCUT2D eigenvalue weighted by molar-refractivity contribution is 9.10. The quantitative estimate of drug-likeness (QED) is 0.883. The molecule has 0 unspecified atom stereocenters. The van der Waals surface area contributed by atoms with E-state index in [0.29, 0.717) is 5.75 Å². The maximum atomic E-state index is 11.2. The van der Waals surface area contributed by atoms with Crippen LogP contribution in [-0.4, -0.2) is 26.0 Å². The Kier molecular flexibility index (Phi) is 4.05. The first-order valence-electron chi connectivity index (χ1n) is 7.34. The fourth-order valence-corrected chi connectivity index (χ4v) is 4.79. The highest BCUT2D eigenvalue weighted by Crippen LogP contribution is 2.38. The molecule has 1 aromatic rings. The topological polar surface area (TPSA) is 69.4 Å². The van der Waals surface area contributed by atoms with Gasteiger partial charge in [0.1, 0.15) is 11.9 Å². The van der Waals surface area contributed by atoms with E-state index in [0.717, 1.165) is 22.9 Å². The molecule has 1 aromatic carbocycles. The van der Waals surface area contributed by atoms with Crippen molar-refractivity contribution in [1.29, 1.82) is 0 Å². The van der Waals surface area contributed by atoms with Crippen LogP contribution in [0.1, 0.15) is 37.7 Å². The lowest BCUT2D eigenvalue weighted by Gasteiger charge is -2.34. The van der Waals surface area contributed by atoms with Crippen molar-refractivity contribution in [3.05, 3.63) is 28.2 Å². The number of hydrogen-bond donors (Lipinski definition) is 1. The zero-order chi connectivity index (χ0) is 15.1. The molecule has 21 heavy (non-hydrogen) atoms. The molecule has 116 valence electrons. The largest absolute Gasteiger partial charge is 0.487 e. The van der Waals surface area contributed by atoms with E-state index in [1.807, 2.05) is 18.2 Å². The van der Waals surface area contributed by atoms with Gasteiger partial charge in [-0.1, -0.05) is 25.3 Å². The number of ether oxygens (including phenoxy) is 1. The summed E-state index contributed by atoms with van der Waals surface area (Å²) in [6.07, 6.45) is 5.41. The summed E-state index contributed by atoms with van der Waals surface area (Å²) in [7, 11) is -2.86. The van der Waals surface area contributed by atoms with Crippen LogP contribution in [0.2, 0.25) is 0 Å². The molecule has 1 saturated heterocycles. The lowest BCUT2D eigenvalue weighted by molar-refractivity contribution is 0.228. The van der Waals surface area contributed by atoms with Crippen LogP contribution in [0.4, 0.5) is 0 Å². The van der Waals surface area contributed by atoms with Crippen LogP contribution in [0.3, 0.4) is 0 Å². The lowest BCUT2D eigenvalue weighted by atomic mass is 9.77. The van der Waals surface area contributed by atoms with Gasteiger partial charge < -0.3 is 10.5 Å². The molecule has 2 fully saturated rings. The maximum Gasteiger partial charge on any atom is 0.157 e. The van der Waals surface area contributed by atoms with Gasteiger partial charge in [0.25, 0.3) is 0 Å². The second-order valence-electron chi connectivity index (χ2n) is 6.18. The highest BCUT2D eigenvalue weighted by atomic mass is 79.9. The Balaban J connectivity index is 1.74.